The molecule has 0 spiro atoms. The molecule has 0 aliphatic carbocycles. The van der Waals surface area contributed by atoms with Gasteiger partial charge in [-0.15, -0.1) is 0 Å². The van der Waals surface area contributed by atoms with Crippen LogP contribution in [0, 0.1) is 5.92 Å². The number of hydrogen-bond donors (Lipinski definition) is 0. The quantitative estimate of drug-likeness (QED) is 0.517. The number of ketones is 1. The number of benzene rings is 2. The van der Waals surface area contributed by atoms with Crippen LogP contribution < -0.4 is 0 Å². The Labute approximate surface area is 149 Å². The van der Waals surface area contributed by atoms with Crippen LogP contribution in [-0.2, 0) is 9.47 Å². The fourth-order valence-electron chi connectivity index (χ4n) is 3.25. The van der Waals surface area contributed by atoms with Crippen LogP contribution in [0.2, 0.25) is 0 Å². The van der Waals surface area contributed by atoms with Gasteiger partial charge in [-0.05, 0) is 55.4 Å². The summed E-state index contributed by atoms with van der Waals surface area (Å²) in [6.07, 6.45) is 8.28. The van der Waals surface area contributed by atoms with Gasteiger partial charge in [-0.2, -0.15) is 0 Å². The number of rotatable bonds is 7. The molecule has 1 aliphatic heterocycles. The summed E-state index contributed by atoms with van der Waals surface area (Å²) < 4.78 is 11.5. The lowest BCUT2D eigenvalue weighted by molar-refractivity contribution is -0.169. The van der Waals surface area contributed by atoms with Crippen molar-refractivity contribution in [3.8, 4) is 0 Å². The zero-order valence-corrected chi connectivity index (χ0v) is 14.8. The number of hydrogen-bond acceptors (Lipinski definition) is 3. The molecule has 1 aliphatic rings. The lowest BCUT2D eigenvalue weighted by Gasteiger charge is -2.28. The Morgan fingerprint density at radius 1 is 1.20 bits per heavy atom. The van der Waals surface area contributed by atoms with E-state index in [1.165, 1.54) is 0 Å². The van der Waals surface area contributed by atoms with Crippen molar-refractivity contribution in [2.24, 2.45) is 5.92 Å². The summed E-state index contributed by atoms with van der Waals surface area (Å²) in [4.78, 5) is 12.4. The van der Waals surface area contributed by atoms with Gasteiger partial charge in [-0.3, -0.25) is 4.79 Å². The summed E-state index contributed by atoms with van der Waals surface area (Å²) in [6, 6.07) is 13.8. The van der Waals surface area contributed by atoms with Crippen LogP contribution in [0.5, 0.6) is 0 Å². The van der Waals surface area contributed by atoms with Crippen molar-refractivity contribution in [2.75, 3.05) is 13.2 Å². The molecule has 0 aromatic heterocycles. The van der Waals surface area contributed by atoms with E-state index in [1.807, 2.05) is 49.4 Å². The summed E-state index contributed by atoms with van der Waals surface area (Å²) in [7, 11) is 0. The van der Waals surface area contributed by atoms with Gasteiger partial charge in [0.25, 0.3) is 0 Å². The monoisotopic (exact) mass is 338 g/mol. The third-order valence-electron chi connectivity index (χ3n) is 4.78. The van der Waals surface area contributed by atoms with E-state index in [-0.39, 0.29) is 18.7 Å². The fourth-order valence-corrected chi connectivity index (χ4v) is 3.25. The van der Waals surface area contributed by atoms with Gasteiger partial charge in [0.1, 0.15) is 6.61 Å². The molecule has 2 atom stereocenters. The average Bonchev–Trinajstić information content (AvgIpc) is 2.67. The molecule has 3 heteroatoms. The second-order valence-corrected chi connectivity index (χ2v) is 6.65. The van der Waals surface area contributed by atoms with Crippen molar-refractivity contribution < 1.29 is 14.3 Å². The van der Waals surface area contributed by atoms with Crippen LogP contribution in [-0.4, -0.2) is 25.3 Å². The van der Waals surface area contributed by atoms with Gasteiger partial charge in [0.2, 0.25) is 0 Å². The maximum absolute atomic E-state index is 12.4. The number of ether oxygens (including phenoxy) is 2. The van der Waals surface area contributed by atoms with E-state index in [9.17, 15) is 4.79 Å². The van der Waals surface area contributed by atoms with E-state index >= 15 is 0 Å². The number of allylic oxidation sites excluding steroid dienone is 2. The molecular formula is C22H26O3. The van der Waals surface area contributed by atoms with Crippen molar-refractivity contribution in [2.45, 2.75) is 38.9 Å². The summed E-state index contributed by atoms with van der Waals surface area (Å²) in [5.74, 6) is 0.608. The highest BCUT2D eigenvalue weighted by Crippen LogP contribution is 2.24. The van der Waals surface area contributed by atoms with E-state index in [0.29, 0.717) is 11.5 Å². The Hall–Kier alpha value is -1.97. The molecule has 0 radical (unpaired) electrons. The smallest absolute Gasteiger partial charge is 0.188 e. The molecule has 3 rings (SSSR count). The van der Waals surface area contributed by atoms with Crippen LogP contribution in [0.1, 0.15) is 43.0 Å². The van der Waals surface area contributed by atoms with Crippen molar-refractivity contribution in [3.05, 3.63) is 60.2 Å². The highest BCUT2D eigenvalue weighted by atomic mass is 16.7. The predicted molar refractivity (Wildman–Crippen MR) is 101 cm³/mol. The number of fused-ring (bicyclic) bond motifs is 1. The van der Waals surface area contributed by atoms with Crippen molar-refractivity contribution in [1.29, 1.82) is 0 Å². The van der Waals surface area contributed by atoms with Crippen LogP contribution in [0.3, 0.4) is 0 Å². The molecule has 0 saturated carbocycles. The van der Waals surface area contributed by atoms with Crippen LogP contribution in [0.25, 0.3) is 10.8 Å². The van der Waals surface area contributed by atoms with E-state index in [0.717, 1.165) is 43.1 Å². The Bertz CT molecular complexity index is 727. The molecule has 2 aromatic rings. The highest BCUT2D eigenvalue weighted by molar-refractivity contribution is 6.00. The largest absolute Gasteiger partial charge is 0.352 e. The minimum Gasteiger partial charge on any atom is -0.352 e. The molecule has 0 bridgehead atoms. The molecule has 25 heavy (non-hydrogen) atoms. The third-order valence-corrected chi connectivity index (χ3v) is 4.78. The molecule has 2 unspecified atom stereocenters. The second kappa shape index (κ2) is 8.93. The zero-order valence-electron chi connectivity index (χ0n) is 14.8. The topological polar surface area (TPSA) is 35.5 Å². The Morgan fingerprint density at radius 3 is 2.80 bits per heavy atom. The Morgan fingerprint density at radius 2 is 2.04 bits per heavy atom. The number of carbonyl (C=O) groups excluding carboxylic acids is 1. The van der Waals surface area contributed by atoms with Gasteiger partial charge in [0.05, 0.1) is 6.61 Å². The molecule has 132 valence electrons. The van der Waals surface area contributed by atoms with Crippen LogP contribution in [0.15, 0.2) is 54.6 Å². The summed E-state index contributed by atoms with van der Waals surface area (Å²) >= 11 is 0. The summed E-state index contributed by atoms with van der Waals surface area (Å²) in [6.45, 7) is 2.85. The normalized spacial score (nSPS) is 21.0. The molecule has 1 fully saturated rings. The van der Waals surface area contributed by atoms with Gasteiger partial charge < -0.3 is 9.47 Å². The maximum atomic E-state index is 12.4. The third kappa shape index (κ3) is 5.00. The van der Waals surface area contributed by atoms with Gasteiger partial charge in [0.15, 0.2) is 12.1 Å². The molecule has 0 amide bonds. The standard InChI is InChI=1S/C22H26O3/c1-2-3-4-7-17-10-13-22(24-15-17)25-16-21(23)20-12-11-18-8-5-6-9-19(18)14-20/h2-3,5-6,8-9,11-12,14,17,22H,4,7,10,13,15-16H2,1H3/b3-2+. The minimum absolute atomic E-state index is 0.00422. The molecule has 2 aromatic carbocycles. The highest BCUT2D eigenvalue weighted by Gasteiger charge is 2.22. The summed E-state index contributed by atoms with van der Waals surface area (Å²) in [5, 5.41) is 2.21. The van der Waals surface area contributed by atoms with E-state index < -0.39 is 0 Å². The number of Topliss-reactive ketones (excluding diaryl/α,β-unsaturated/α-hetero) is 1. The average molecular weight is 338 g/mol. The Kier molecular flexibility index (Phi) is 6.37. The van der Waals surface area contributed by atoms with Crippen molar-refractivity contribution in [1.82, 2.24) is 0 Å². The molecule has 3 nitrogen and oxygen atoms in total. The minimum atomic E-state index is -0.248. The fraction of sp³-hybridized carbons (Fsp3) is 0.409. The first kappa shape index (κ1) is 17.8. The maximum Gasteiger partial charge on any atom is 0.188 e. The first-order valence-electron chi connectivity index (χ1n) is 9.12. The SMILES string of the molecule is C/C=C/CCC1CCC(OCC(=O)c2ccc3ccccc3c2)OC1. The van der Waals surface area contributed by atoms with Gasteiger partial charge >= 0.3 is 0 Å². The van der Waals surface area contributed by atoms with Crippen LogP contribution >= 0.6 is 0 Å². The molecule has 0 N–H and O–H groups in total. The van der Waals surface area contributed by atoms with E-state index in [1.54, 1.807) is 0 Å². The second-order valence-electron chi connectivity index (χ2n) is 6.65. The van der Waals surface area contributed by atoms with Crippen molar-refractivity contribution >= 4 is 16.6 Å². The van der Waals surface area contributed by atoms with E-state index in [4.69, 9.17) is 9.47 Å². The van der Waals surface area contributed by atoms with Gasteiger partial charge in [-0.1, -0.05) is 48.6 Å². The van der Waals surface area contributed by atoms with Gasteiger partial charge in [0, 0.05) is 5.56 Å². The zero-order chi connectivity index (χ0) is 17.5. The van der Waals surface area contributed by atoms with Gasteiger partial charge in [-0.25, -0.2) is 0 Å². The summed E-state index contributed by atoms with van der Waals surface area (Å²) in [5.41, 5.74) is 0.693. The first-order chi connectivity index (χ1) is 12.3. The number of carbonyl (C=O) groups is 1. The van der Waals surface area contributed by atoms with E-state index in [2.05, 4.69) is 12.2 Å². The van der Waals surface area contributed by atoms with Crippen LogP contribution in [0.4, 0.5) is 0 Å². The Balaban J connectivity index is 1.46. The molecular weight excluding hydrogens is 312 g/mol. The first-order valence-corrected chi connectivity index (χ1v) is 9.12. The lowest BCUT2D eigenvalue weighted by Crippen LogP contribution is -2.29. The lowest BCUT2D eigenvalue weighted by atomic mass is 9.96. The molecule has 1 heterocycles. The molecule has 1 saturated heterocycles. The van der Waals surface area contributed by atoms with Crippen molar-refractivity contribution in [3.63, 3.8) is 0 Å². The predicted octanol–water partition coefficient (Wildman–Crippen LogP) is 5.15.